The molecule has 4 heterocycles. The Morgan fingerprint density at radius 3 is 1.89 bits per heavy atom. The number of nitrogens with zero attached hydrogens (tertiary/aromatic N) is 2. The van der Waals surface area contributed by atoms with Crippen LogP contribution in [0.15, 0.2) is 91.0 Å². The third kappa shape index (κ3) is 11.9. The minimum absolute atomic E-state index is 0.0214. The number of unbranched alkanes of at least 4 members (excludes halogenated alkanes) is 1. The molecule has 4 aliphatic heterocycles. The lowest BCUT2D eigenvalue weighted by molar-refractivity contribution is -0.119. The van der Waals surface area contributed by atoms with Crippen LogP contribution in [0.4, 0.5) is 17.1 Å². The summed E-state index contributed by atoms with van der Waals surface area (Å²) in [5.41, 5.74) is 10.9. The molecule has 5 aromatic carbocycles. The molecule has 0 saturated carbocycles. The third-order valence-electron chi connectivity index (χ3n) is 14.4. The van der Waals surface area contributed by atoms with Crippen molar-refractivity contribution < 1.29 is 38.1 Å². The summed E-state index contributed by atoms with van der Waals surface area (Å²) in [4.78, 5) is 58.2. The molecule has 4 aliphatic rings. The van der Waals surface area contributed by atoms with Crippen molar-refractivity contribution in [1.29, 1.82) is 0 Å². The number of carbonyl (C=O) groups excluding carboxylic acids is 4. The van der Waals surface area contributed by atoms with E-state index in [1.54, 1.807) is 35.8 Å². The van der Waals surface area contributed by atoms with E-state index >= 15 is 0 Å². The average Bonchev–Trinajstić information content (AvgIpc) is 3.87. The molecule has 9 rings (SSSR count). The Morgan fingerprint density at radius 1 is 0.681 bits per heavy atom. The number of carbonyl (C=O) groups is 4. The molecule has 378 valence electrons. The number of nitrogens with one attached hydrogen (secondary N) is 1. The number of rotatable bonds is 22. The molecular weight excluding hydrogens is 943 g/mol. The highest BCUT2D eigenvalue weighted by molar-refractivity contribution is 8.77. The average molecular weight is 1010 g/mol. The summed E-state index contributed by atoms with van der Waals surface area (Å²) < 4.78 is 23.9. The first-order chi connectivity index (χ1) is 34.9. The van der Waals surface area contributed by atoms with E-state index in [4.69, 9.17) is 18.9 Å². The number of aryl methyl sites for hydroxylation is 3. The molecular formula is C59H67N3O8S2. The predicted molar refractivity (Wildman–Crippen MR) is 289 cm³/mol. The topological polar surface area (TPSA) is 124 Å². The molecule has 11 nitrogen and oxygen atoms in total. The van der Waals surface area contributed by atoms with Gasteiger partial charge in [-0.05, 0) is 179 Å². The van der Waals surface area contributed by atoms with Crippen LogP contribution in [0.2, 0.25) is 0 Å². The quantitative estimate of drug-likeness (QED) is 0.0529. The van der Waals surface area contributed by atoms with Crippen molar-refractivity contribution in [2.45, 2.75) is 134 Å². The Bertz CT molecular complexity index is 2830. The van der Waals surface area contributed by atoms with Crippen LogP contribution >= 0.6 is 21.6 Å². The highest BCUT2D eigenvalue weighted by Crippen LogP contribution is 2.43. The summed E-state index contributed by atoms with van der Waals surface area (Å²) in [7, 11) is 6.80. The maximum absolute atomic E-state index is 14.2. The largest absolute Gasteiger partial charge is 0.493 e. The molecule has 0 fully saturated rings. The van der Waals surface area contributed by atoms with Crippen LogP contribution in [0, 0.1) is 6.92 Å². The van der Waals surface area contributed by atoms with Gasteiger partial charge in [-0.15, -0.1) is 0 Å². The summed E-state index contributed by atoms with van der Waals surface area (Å²) in [6.07, 6.45) is 9.75. The second-order valence-electron chi connectivity index (χ2n) is 20.3. The third-order valence-corrected chi connectivity index (χ3v) is 17.9. The second-order valence-corrected chi connectivity index (χ2v) is 23.4. The zero-order valence-electron chi connectivity index (χ0n) is 42.3. The number of fused-ring (bicyclic) bond motifs is 8. The van der Waals surface area contributed by atoms with E-state index in [0.717, 1.165) is 108 Å². The fourth-order valence-corrected chi connectivity index (χ4v) is 13.3. The van der Waals surface area contributed by atoms with E-state index in [0.29, 0.717) is 66.6 Å². The van der Waals surface area contributed by atoms with Crippen LogP contribution in [0.3, 0.4) is 0 Å². The van der Waals surface area contributed by atoms with Gasteiger partial charge >= 0.3 is 0 Å². The number of methoxy groups -OCH3 is 2. The van der Waals surface area contributed by atoms with Crippen LogP contribution in [-0.4, -0.2) is 66.9 Å². The first kappa shape index (κ1) is 51.2. The molecule has 72 heavy (non-hydrogen) atoms. The number of ketones is 1. The number of para-hydroxylation sites is 2. The summed E-state index contributed by atoms with van der Waals surface area (Å²) in [5.74, 6) is 2.85. The maximum Gasteiger partial charge on any atom is 0.258 e. The molecule has 0 radical (unpaired) electrons. The second kappa shape index (κ2) is 23.0. The summed E-state index contributed by atoms with van der Waals surface area (Å²) >= 11 is 0. The Balaban J connectivity index is 0.887. The molecule has 2 atom stereocenters. The Kier molecular flexibility index (Phi) is 16.3. The molecule has 13 heteroatoms. The molecule has 0 aromatic heterocycles. The summed E-state index contributed by atoms with van der Waals surface area (Å²) in [5, 5.41) is 3.18. The van der Waals surface area contributed by atoms with Gasteiger partial charge in [0, 0.05) is 83.8 Å². The minimum atomic E-state index is -0.157. The summed E-state index contributed by atoms with van der Waals surface area (Å²) in [6, 6.07) is 30.3. The van der Waals surface area contributed by atoms with Crippen molar-refractivity contribution in [2.24, 2.45) is 0 Å². The SMILES string of the molecule is COCCCCC(=O)CCCSSC(C)(C)CCC(=O)Nc1cc(COc2cc3c(cc2C)C(=O)N2c4ccccc4C[C@H]2CC3)cc(COc2cc3c(cc2OC)C(=O)N2c4ccccc4C[C@H]2CC3)c1. The van der Waals surface area contributed by atoms with Crippen molar-refractivity contribution in [2.75, 3.05) is 41.7 Å². The van der Waals surface area contributed by atoms with Gasteiger partial charge in [-0.2, -0.15) is 0 Å². The van der Waals surface area contributed by atoms with Gasteiger partial charge in [0.15, 0.2) is 11.5 Å². The van der Waals surface area contributed by atoms with Crippen molar-refractivity contribution in [3.05, 3.63) is 141 Å². The summed E-state index contributed by atoms with van der Waals surface area (Å²) in [6.45, 7) is 7.38. The molecule has 1 N–H and O–H groups in total. The number of benzene rings is 5. The van der Waals surface area contributed by atoms with Gasteiger partial charge in [0.1, 0.15) is 24.7 Å². The molecule has 0 saturated heterocycles. The zero-order chi connectivity index (χ0) is 50.4. The number of anilines is 3. The lowest BCUT2D eigenvalue weighted by Crippen LogP contribution is -2.36. The van der Waals surface area contributed by atoms with Crippen molar-refractivity contribution >= 4 is 62.2 Å². The number of hydrogen-bond acceptors (Lipinski definition) is 10. The molecule has 0 unspecified atom stereocenters. The van der Waals surface area contributed by atoms with E-state index in [1.165, 1.54) is 11.1 Å². The van der Waals surface area contributed by atoms with Gasteiger partial charge in [0.2, 0.25) is 5.91 Å². The lowest BCUT2D eigenvalue weighted by atomic mass is 9.98. The van der Waals surface area contributed by atoms with E-state index in [2.05, 4.69) is 37.4 Å². The highest BCUT2D eigenvalue weighted by atomic mass is 33.1. The first-order valence-corrected chi connectivity index (χ1v) is 27.9. The predicted octanol–water partition coefficient (Wildman–Crippen LogP) is 12.2. The van der Waals surface area contributed by atoms with Gasteiger partial charge in [-0.3, -0.25) is 19.2 Å². The monoisotopic (exact) mass is 1010 g/mol. The molecule has 0 spiro atoms. The fourth-order valence-electron chi connectivity index (χ4n) is 10.6. The minimum Gasteiger partial charge on any atom is -0.493 e. The van der Waals surface area contributed by atoms with Crippen molar-refractivity contribution in [1.82, 2.24) is 0 Å². The van der Waals surface area contributed by atoms with Crippen molar-refractivity contribution in [3.8, 4) is 17.2 Å². The Morgan fingerprint density at radius 2 is 1.26 bits per heavy atom. The van der Waals surface area contributed by atoms with Crippen LogP contribution in [0.5, 0.6) is 17.2 Å². The van der Waals surface area contributed by atoms with Gasteiger partial charge in [0.25, 0.3) is 11.8 Å². The number of Topliss-reactive ketones (excluding diaryl/α,β-unsaturated/α-hetero) is 1. The van der Waals surface area contributed by atoms with E-state index in [1.807, 2.05) is 89.5 Å². The fraction of sp³-hybridized carbons (Fsp3) is 0.424. The Labute approximate surface area is 432 Å². The molecule has 0 bridgehead atoms. The Hall–Kier alpha value is -5.76. The van der Waals surface area contributed by atoms with Gasteiger partial charge in [-0.25, -0.2) is 0 Å². The van der Waals surface area contributed by atoms with Gasteiger partial charge < -0.3 is 34.1 Å². The van der Waals surface area contributed by atoms with Crippen molar-refractivity contribution in [3.63, 3.8) is 0 Å². The van der Waals surface area contributed by atoms with Crippen LogP contribution in [0.25, 0.3) is 0 Å². The zero-order valence-corrected chi connectivity index (χ0v) is 43.9. The number of ether oxygens (including phenoxy) is 4. The smallest absolute Gasteiger partial charge is 0.258 e. The van der Waals surface area contributed by atoms with Gasteiger partial charge in [0.05, 0.1) is 7.11 Å². The molecule has 0 aliphatic carbocycles. The number of hydrogen-bond donors (Lipinski definition) is 1. The van der Waals surface area contributed by atoms with Gasteiger partial charge in [-0.1, -0.05) is 58.0 Å². The normalized spacial score (nSPS) is 16.7. The highest BCUT2D eigenvalue weighted by Gasteiger charge is 2.39. The van der Waals surface area contributed by atoms with Crippen LogP contribution in [0.1, 0.15) is 131 Å². The van der Waals surface area contributed by atoms with E-state index in [-0.39, 0.29) is 47.8 Å². The first-order valence-electron chi connectivity index (χ1n) is 25.5. The maximum atomic E-state index is 14.2. The number of amides is 3. The standard InChI is InChI=1S/C59H67N3O8S2/c1-38-27-49-41(19-21-46-31-43-13-6-8-17-51(43)61(46)57(49)65)33-53(38)69-36-39-28-40(30-45(29-39)60-56(64)23-24-59(2,3)72-71-26-12-16-48(63)15-10-11-25-67-4)37-70-55-34-42-20-22-47-32-44-14-7-9-18-52(44)62(47)58(66)50(42)35-54(55)68-5/h6-9,13-14,17-18,27-30,33-35,46-47H,10-12,15-16,19-26,31-32,36-37H2,1-5H3,(H,60,64)/t46-,47-/m1/s1. The van der Waals surface area contributed by atoms with Crippen LogP contribution in [-0.2, 0) is 53.2 Å². The van der Waals surface area contributed by atoms with E-state index < -0.39 is 0 Å². The molecule has 3 amide bonds. The lowest BCUT2D eigenvalue weighted by Gasteiger charge is -2.23. The molecule has 5 aromatic rings. The van der Waals surface area contributed by atoms with Crippen LogP contribution < -0.4 is 29.3 Å². The van der Waals surface area contributed by atoms with E-state index in [9.17, 15) is 19.2 Å².